The highest BCUT2D eigenvalue weighted by molar-refractivity contribution is 5.97. The third-order valence-corrected chi connectivity index (χ3v) is 3.42. The van der Waals surface area contributed by atoms with Crippen molar-refractivity contribution in [2.45, 2.75) is 25.8 Å². The van der Waals surface area contributed by atoms with Gasteiger partial charge in [0, 0.05) is 13.1 Å². The van der Waals surface area contributed by atoms with Gasteiger partial charge in [-0.3, -0.25) is 9.59 Å². The summed E-state index contributed by atoms with van der Waals surface area (Å²) < 4.78 is 39.4. The van der Waals surface area contributed by atoms with Crippen LogP contribution in [0, 0.1) is 17.5 Å². The second-order valence-electron chi connectivity index (χ2n) is 4.95. The van der Waals surface area contributed by atoms with Gasteiger partial charge in [0.1, 0.15) is 6.04 Å². The first kappa shape index (κ1) is 15.3. The lowest BCUT2D eigenvalue weighted by molar-refractivity contribution is -0.131. The maximum Gasteiger partial charge on any atom is 0.255 e. The lowest BCUT2D eigenvalue weighted by atomic mass is 10.1. The molecule has 1 aliphatic rings. The normalized spacial score (nSPS) is 15.9. The van der Waals surface area contributed by atoms with Gasteiger partial charge < -0.3 is 10.2 Å². The molecule has 1 saturated heterocycles. The van der Waals surface area contributed by atoms with E-state index in [0.29, 0.717) is 19.2 Å². The molecule has 1 fully saturated rings. The predicted molar refractivity (Wildman–Crippen MR) is 69.1 cm³/mol. The van der Waals surface area contributed by atoms with E-state index < -0.39 is 35.0 Å². The summed E-state index contributed by atoms with van der Waals surface area (Å²) in [6.07, 6.45) is 1.81. The average Bonchev–Trinajstić information content (AvgIpc) is 2.97. The van der Waals surface area contributed by atoms with Crippen molar-refractivity contribution in [3.05, 3.63) is 35.1 Å². The molecule has 2 amide bonds. The fourth-order valence-electron chi connectivity index (χ4n) is 2.25. The molecule has 1 aromatic carbocycles. The van der Waals surface area contributed by atoms with Crippen molar-refractivity contribution < 1.29 is 22.8 Å². The van der Waals surface area contributed by atoms with Crippen molar-refractivity contribution in [3.63, 3.8) is 0 Å². The third kappa shape index (κ3) is 3.17. The summed E-state index contributed by atoms with van der Waals surface area (Å²) in [5, 5.41) is 2.30. The Morgan fingerprint density at radius 2 is 1.76 bits per heavy atom. The highest BCUT2D eigenvalue weighted by Gasteiger charge is 2.26. The quantitative estimate of drug-likeness (QED) is 0.866. The first-order valence-corrected chi connectivity index (χ1v) is 6.65. The van der Waals surface area contributed by atoms with E-state index in [4.69, 9.17) is 0 Å². The zero-order valence-electron chi connectivity index (χ0n) is 11.5. The molecule has 1 aliphatic heterocycles. The molecule has 0 unspecified atom stereocenters. The molecule has 0 spiro atoms. The minimum Gasteiger partial charge on any atom is -0.341 e. The summed E-state index contributed by atoms with van der Waals surface area (Å²) in [6.45, 7) is 2.72. The highest BCUT2D eigenvalue weighted by atomic mass is 19.2. The number of carbonyl (C=O) groups is 2. The van der Waals surface area contributed by atoms with Crippen LogP contribution in [0.4, 0.5) is 13.2 Å². The standard InChI is InChI=1S/C14H15F3N2O2/c1-8(14(21)19-6-2-3-7-19)18-13(20)9-4-5-10(15)12(17)11(9)16/h4-5,8H,2-3,6-7H2,1H3,(H,18,20)/t8-/m1/s1. The van der Waals surface area contributed by atoms with E-state index in [-0.39, 0.29) is 5.91 Å². The van der Waals surface area contributed by atoms with Crippen molar-refractivity contribution in [1.82, 2.24) is 10.2 Å². The Balaban J connectivity index is 2.07. The third-order valence-electron chi connectivity index (χ3n) is 3.42. The summed E-state index contributed by atoms with van der Waals surface area (Å²) in [4.78, 5) is 25.5. The van der Waals surface area contributed by atoms with Gasteiger partial charge >= 0.3 is 0 Å². The summed E-state index contributed by atoms with van der Waals surface area (Å²) >= 11 is 0. The van der Waals surface area contributed by atoms with E-state index in [0.717, 1.165) is 18.9 Å². The van der Waals surface area contributed by atoms with Gasteiger partial charge in [0.05, 0.1) is 5.56 Å². The molecule has 21 heavy (non-hydrogen) atoms. The molecule has 1 aromatic rings. The van der Waals surface area contributed by atoms with Gasteiger partial charge in [0.2, 0.25) is 5.91 Å². The van der Waals surface area contributed by atoms with E-state index in [9.17, 15) is 22.8 Å². The van der Waals surface area contributed by atoms with E-state index in [1.807, 2.05) is 0 Å². The fourth-order valence-corrected chi connectivity index (χ4v) is 2.25. The maximum absolute atomic E-state index is 13.5. The Hall–Kier alpha value is -2.05. The van der Waals surface area contributed by atoms with Gasteiger partial charge in [-0.25, -0.2) is 13.2 Å². The molecule has 0 bridgehead atoms. The lowest BCUT2D eigenvalue weighted by Crippen LogP contribution is -2.46. The minimum atomic E-state index is -1.71. The zero-order valence-corrected chi connectivity index (χ0v) is 11.5. The molecule has 0 radical (unpaired) electrons. The van der Waals surface area contributed by atoms with Gasteiger partial charge in [-0.1, -0.05) is 0 Å². The summed E-state index contributed by atoms with van der Waals surface area (Å²) in [5.74, 6) is -5.87. The van der Waals surface area contributed by atoms with Crippen molar-refractivity contribution in [3.8, 4) is 0 Å². The van der Waals surface area contributed by atoms with Crippen LogP contribution in [0.25, 0.3) is 0 Å². The molecule has 0 aromatic heterocycles. The number of nitrogens with zero attached hydrogens (tertiary/aromatic N) is 1. The molecule has 1 atom stereocenters. The molecular weight excluding hydrogens is 285 g/mol. The van der Waals surface area contributed by atoms with E-state index in [2.05, 4.69) is 5.32 Å². The predicted octanol–water partition coefficient (Wildman–Crippen LogP) is 1.84. The number of amides is 2. The second kappa shape index (κ2) is 6.15. The number of hydrogen-bond donors (Lipinski definition) is 1. The number of rotatable bonds is 3. The molecule has 0 saturated carbocycles. The number of hydrogen-bond acceptors (Lipinski definition) is 2. The van der Waals surface area contributed by atoms with E-state index in [1.165, 1.54) is 6.92 Å². The van der Waals surface area contributed by atoms with Crippen LogP contribution >= 0.6 is 0 Å². The molecule has 1 heterocycles. The van der Waals surface area contributed by atoms with Crippen LogP contribution in [-0.4, -0.2) is 35.8 Å². The van der Waals surface area contributed by atoms with Crippen LogP contribution in [0.1, 0.15) is 30.1 Å². The van der Waals surface area contributed by atoms with E-state index >= 15 is 0 Å². The SMILES string of the molecule is C[C@@H](NC(=O)c1ccc(F)c(F)c1F)C(=O)N1CCCC1. The van der Waals surface area contributed by atoms with Crippen LogP contribution < -0.4 is 5.32 Å². The largest absolute Gasteiger partial charge is 0.341 e. The Labute approximate surface area is 119 Å². The second-order valence-corrected chi connectivity index (χ2v) is 4.95. The number of likely N-dealkylation sites (tertiary alicyclic amines) is 1. The van der Waals surface area contributed by atoms with Gasteiger partial charge in [-0.05, 0) is 31.9 Å². The topological polar surface area (TPSA) is 49.4 Å². The smallest absolute Gasteiger partial charge is 0.255 e. The van der Waals surface area contributed by atoms with Gasteiger partial charge in [-0.15, -0.1) is 0 Å². The number of halogens is 3. The van der Waals surface area contributed by atoms with Gasteiger partial charge in [0.25, 0.3) is 5.91 Å². The minimum absolute atomic E-state index is 0.274. The molecule has 4 nitrogen and oxygen atoms in total. The summed E-state index contributed by atoms with van der Waals surface area (Å²) in [5.41, 5.74) is -0.630. The monoisotopic (exact) mass is 300 g/mol. The first-order valence-electron chi connectivity index (χ1n) is 6.65. The first-order chi connectivity index (χ1) is 9.91. The molecule has 1 N–H and O–H groups in total. The van der Waals surface area contributed by atoms with Crippen LogP contribution in [0.15, 0.2) is 12.1 Å². The fraction of sp³-hybridized carbons (Fsp3) is 0.429. The molecular formula is C14H15F3N2O2. The molecule has 114 valence electrons. The van der Waals surface area contributed by atoms with Crippen LogP contribution in [0.3, 0.4) is 0 Å². The zero-order chi connectivity index (χ0) is 15.6. The average molecular weight is 300 g/mol. The molecule has 7 heteroatoms. The maximum atomic E-state index is 13.5. The number of carbonyl (C=O) groups excluding carboxylic acids is 2. The Bertz CT molecular complexity index is 572. The van der Waals surface area contributed by atoms with Crippen molar-refractivity contribution in [2.24, 2.45) is 0 Å². The van der Waals surface area contributed by atoms with Crippen LogP contribution in [0.2, 0.25) is 0 Å². The van der Waals surface area contributed by atoms with Crippen LogP contribution in [-0.2, 0) is 4.79 Å². The Kier molecular flexibility index (Phi) is 4.50. The Morgan fingerprint density at radius 3 is 2.38 bits per heavy atom. The van der Waals surface area contributed by atoms with Gasteiger partial charge in [-0.2, -0.15) is 0 Å². The molecule has 2 rings (SSSR count). The Morgan fingerprint density at radius 1 is 1.14 bits per heavy atom. The van der Waals surface area contributed by atoms with Crippen molar-refractivity contribution in [1.29, 1.82) is 0 Å². The number of nitrogens with one attached hydrogen (secondary N) is 1. The molecule has 0 aliphatic carbocycles. The van der Waals surface area contributed by atoms with Crippen molar-refractivity contribution >= 4 is 11.8 Å². The van der Waals surface area contributed by atoms with Crippen LogP contribution in [0.5, 0.6) is 0 Å². The summed E-state index contributed by atoms with van der Waals surface area (Å²) in [6, 6.07) is 0.652. The van der Waals surface area contributed by atoms with Gasteiger partial charge in [0.15, 0.2) is 17.5 Å². The highest BCUT2D eigenvalue weighted by Crippen LogP contribution is 2.15. The lowest BCUT2D eigenvalue weighted by Gasteiger charge is -2.21. The number of benzene rings is 1. The van der Waals surface area contributed by atoms with E-state index in [1.54, 1.807) is 4.90 Å². The summed E-state index contributed by atoms with van der Waals surface area (Å²) in [7, 11) is 0. The van der Waals surface area contributed by atoms with Crippen molar-refractivity contribution in [2.75, 3.05) is 13.1 Å².